The second kappa shape index (κ2) is 7.64. The van der Waals surface area contributed by atoms with Crippen LogP contribution in [-0.2, 0) is 4.79 Å². The summed E-state index contributed by atoms with van der Waals surface area (Å²) in [4.78, 5) is 11.3. The van der Waals surface area contributed by atoms with Crippen LogP contribution in [0, 0.1) is 0 Å². The van der Waals surface area contributed by atoms with E-state index in [0.717, 1.165) is 17.3 Å². The Morgan fingerprint density at radius 2 is 2.47 bits per heavy atom. The van der Waals surface area contributed by atoms with E-state index in [4.69, 9.17) is 0 Å². The van der Waals surface area contributed by atoms with Crippen LogP contribution in [0.15, 0.2) is 9.85 Å². The number of thioether (sulfide) groups is 1. The summed E-state index contributed by atoms with van der Waals surface area (Å²) >= 11 is 2.89. The van der Waals surface area contributed by atoms with Gasteiger partial charge in [-0.25, -0.2) is 0 Å². The van der Waals surface area contributed by atoms with E-state index in [9.17, 15) is 4.79 Å². The van der Waals surface area contributed by atoms with Crippen LogP contribution in [0.5, 0.6) is 0 Å². The lowest BCUT2D eigenvalue weighted by molar-refractivity contribution is -0.118. The molecule has 0 unspecified atom stereocenters. The summed E-state index contributed by atoms with van der Waals surface area (Å²) in [5.41, 5.74) is 1.67. The quantitative estimate of drug-likeness (QED) is 0.589. The van der Waals surface area contributed by atoms with Gasteiger partial charge in [-0.15, -0.1) is 10.2 Å². The van der Waals surface area contributed by atoms with E-state index in [1.165, 1.54) is 35.9 Å². The zero-order valence-electron chi connectivity index (χ0n) is 8.73. The smallest absolute Gasteiger partial charge is 0.230 e. The molecule has 0 aliphatic carbocycles. The largest absolute Gasteiger partial charge is 0.355 e. The summed E-state index contributed by atoms with van der Waals surface area (Å²) in [5, 5.41) is 10.4. The van der Waals surface area contributed by atoms with E-state index in [-0.39, 0.29) is 5.91 Å². The number of amides is 1. The molecule has 0 radical (unpaired) electrons. The lowest BCUT2D eigenvalue weighted by atomic mass is 10.2. The molecule has 4 nitrogen and oxygen atoms in total. The molecule has 15 heavy (non-hydrogen) atoms. The van der Waals surface area contributed by atoms with Gasteiger partial charge in [0.25, 0.3) is 0 Å². The lowest BCUT2D eigenvalue weighted by Gasteiger charge is -2.02. The molecule has 84 valence electrons. The van der Waals surface area contributed by atoms with Crippen molar-refractivity contribution in [3.05, 3.63) is 5.51 Å². The minimum Gasteiger partial charge on any atom is -0.355 e. The molecule has 1 aromatic heterocycles. The van der Waals surface area contributed by atoms with Crippen molar-refractivity contribution in [1.82, 2.24) is 15.5 Å². The summed E-state index contributed by atoms with van der Waals surface area (Å²) in [5.74, 6) is 0.507. The SMILES string of the molecule is CCCCCNC(=O)CSc1nncs1. The highest BCUT2D eigenvalue weighted by atomic mass is 32.2. The summed E-state index contributed by atoms with van der Waals surface area (Å²) in [6.07, 6.45) is 3.41. The number of rotatable bonds is 7. The average molecular weight is 245 g/mol. The van der Waals surface area contributed by atoms with Crippen molar-refractivity contribution in [2.45, 2.75) is 30.5 Å². The van der Waals surface area contributed by atoms with Gasteiger partial charge in [0, 0.05) is 6.54 Å². The summed E-state index contributed by atoms with van der Waals surface area (Å²) in [6, 6.07) is 0. The molecular formula is C9H15N3OS2. The zero-order valence-corrected chi connectivity index (χ0v) is 10.4. The van der Waals surface area contributed by atoms with Gasteiger partial charge < -0.3 is 5.32 Å². The first-order chi connectivity index (χ1) is 7.33. The van der Waals surface area contributed by atoms with Crippen LogP contribution >= 0.6 is 23.1 Å². The number of carbonyl (C=O) groups excluding carboxylic acids is 1. The Kier molecular flexibility index (Phi) is 6.34. The van der Waals surface area contributed by atoms with Crippen LogP contribution < -0.4 is 5.32 Å². The van der Waals surface area contributed by atoms with E-state index in [2.05, 4.69) is 22.4 Å². The van der Waals surface area contributed by atoms with Crippen LogP contribution in [-0.4, -0.2) is 28.4 Å². The molecule has 0 aromatic carbocycles. The van der Waals surface area contributed by atoms with Gasteiger partial charge in [-0.3, -0.25) is 4.79 Å². The van der Waals surface area contributed by atoms with Gasteiger partial charge in [-0.2, -0.15) is 0 Å². The number of carbonyl (C=O) groups is 1. The first-order valence-corrected chi connectivity index (χ1v) is 6.85. The standard InChI is InChI=1S/C9H15N3OS2/c1-2-3-4-5-10-8(13)6-14-9-12-11-7-15-9/h7H,2-6H2,1H3,(H,10,13). The molecule has 6 heteroatoms. The maximum Gasteiger partial charge on any atom is 0.230 e. The highest BCUT2D eigenvalue weighted by Gasteiger charge is 2.03. The number of aromatic nitrogens is 2. The van der Waals surface area contributed by atoms with E-state index in [0.29, 0.717) is 5.75 Å². The molecule has 0 bridgehead atoms. The predicted molar refractivity (Wildman–Crippen MR) is 63.2 cm³/mol. The highest BCUT2D eigenvalue weighted by Crippen LogP contribution is 2.17. The van der Waals surface area contributed by atoms with Gasteiger partial charge in [-0.05, 0) is 6.42 Å². The number of unbranched alkanes of at least 4 members (excludes halogenated alkanes) is 2. The Morgan fingerprint density at radius 1 is 1.60 bits per heavy atom. The molecule has 1 N–H and O–H groups in total. The van der Waals surface area contributed by atoms with E-state index in [1.54, 1.807) is 5.51 Å². The van der Waals surface area contributed by atoms with Crippen molar-refractivity contribution in [3.8, 4) is 0 Å². The minimum atomic E-state index is 0.0753. The van der Waals surface area contributed by atoms with Gasteiger partial charge in [0.15, 0.2) is 4.34 Å². The molecule has 0 aliphatic heterocycles. The fourth-order valence-corrected chi connectivity index (χ4v) is 2.33. The highest BCUT2D eigenvalue weighted by molar-refractivity contribution is 8.01. The fourth-order valence-electron chi connectivity index (χ4n) is 1.01. The van der Waals surface area contributed by atoms with Crippen molar-refractivity contribution in [3.63, 3.8) is 0 Å². The molecule has 1 amide bonds. The average Bonchev–Trinajstić information content (AvgIpc) is 2.74. The number of hydrogen-bond donors (Lipinski definition) is 1. The molecule has 1 heterocycles. The molecular weight excluding hydrogens is 230 g/mol. The first-order valence-electron chi connectivity index (χ1n) is 4.98. The summed E-state index contributed by atoms with van der Waals surface area (Å²) in [6.45, 7) is 2.93. The van der Waals surface area contributed by atoms with Crippen molar-refractivity contribution in [2.75, 3.05) is 12.3 Å². The van der Waals surface area contributed by atoms with Crippen molar-refractivity contribution in [2.24, 2.45) is 0 Å². The lowest BCUT2D eigenvalue weighted by Crippen LogP contribution is -2.26. The topological polar surface area (TPSA) is 54.9 Å². The van der Waals surface area contributed by atoms with Gasteiger partial charge >= 0.3 is 0 Å². The summed E-state index contributed by atoms with van der Waals surface area (Å²) in [7, 11) is 0. The van der Waals surface area contributed by atoms with E-state index < -0.39 is 0 Å². The van der Waals surface area contributed by atoms with E-state index in [1.807, 2.05) is 0 Å². The van der Waals surface area contributed by atoms with E-state index >= 15 is 0 Å². The first kappa shape index (κ1) is 12.4. The summed E-state index contributed by atoms with van der Waals surface area (Å²) < 4.78 is 0.846. The maximum atomic E-state index is 11.3. The number of hydrogen-bond acceptors (Lipinski definition) is 5. The Balaban J connectivity index is 2.04. The molecule has 0 fully saturated rings. The zero-order chi connectivity index (χ0) is 10.9. The van der Waals surface area contributed by atoms with Crippen LogP contribution in [0.2, 0.25) is 0 Å². The Hall–Kier alpha value is -0.620. The molecule has 1 aromatic rings. The van der Waals surface area contributed by atoms with Crippen LogP contribution in [0.1, 0.15) is 26.2 Å². The third-order valence-electron chi connectivity index (χ3n) is 1.77. The van der Waals surface area contributed by atoms with Gasteiger partial charge in [-0.1, -0.05) is 42.9 Å². The normalized spacial score (nSPS) is 10.2. The molecule has 0 aliphatic rings. The van der Waals surface area contributed by atoms with Crippen molar-refractivity contribution >= 4 is 29.0 Å². The van der Waals surface area contributed by atoms with Crippen LogP contribution in [0.3, 0.4) is 0 Å². The fraction of sp³-hybridized carbons (Fsp3) is 0.667. The third kappa shape index (κ3) is 5.74. The van der Waals surface area contributed by atoms with Gasteiger partial charge in [0.05, 0.1) is 5.75 Å². The predicted octanol–water partition coefficient (Wildman–Crippen LogP) is 1.94. The van der Waals surface area contributed by atoms with Gasteiger partial charge in [0.2, 0.25) is 5.91 Å². The molecule has 0 atom stereocenters. The Labute approximate surface area is 97.9 Å². The molecule has 0 spiro atoms. The monoisotopic (exact) mass is 245 g/mol. The second-order valence-corrected chi connectivity index (χ2v) is 5.11. The Bertz CT molecular complexity index is 277. The minimum absolute atomic E-state index is 0.0753. The molecule has 1 rings (SSSR count). The number of nitrogens with zero attached hydrogens (tertiary/aromatic N) is 2. The van der Waals surface area contributed by atoms with Gasteiger partial charge in [0.1, 0.15) is 5.51 Å². The van der Waals surface area contributed by atoms with Crippen molar-refractivity contribution < 1.29 is 4.79 Å². The molecule has 0 saturated heterocycles. The van der Waals surface area contributed by atoms with Crippen molar-refractivity contribution in [1.29, 1.82) is 0 Å². The second-order valence-electron chi connectivity index (χ2n) is 3.05. The molecule has 0 saturated carbocycles. The third-order valence-corrected chi connectivity index (χ3v) is 3.63. The maximum absolute atomic E-state index is 11.3. The van der Waals surface area contributed by atoms with Crippen LogP contribution in [0.4, 0.5) is 0 Å². The number of nitrogens with one attached hydrogen (secondary N) is 1. The van der Waals surface area contributed by atoms with Crippen LogP contribution in [0.25, 0.3) is 0 Å². The Morgan fingerprint density at radius 3 is 3.13 bits per heavy atom.